The van der Waals surface area contributed by atoms with Crippen molar-refractivity contribution in [3.63, 3.8) is 0 Å². The molecule has 39 heavy (non-hydrogen) atoms. The number of halogens is 1. The van der Waals surface area contributed by atoms with Gasteiger partial charge in [0.2, 0.25) is 9.84 Å². The van der Waals surface area contributed by atoms with E-state index in [1.807, 2.05) is 58.0 Å². The molecule has 7 nitrogen and oxygen atoms in total. The molecule has 0 N–H and O–H groups in total. The van der Waals surface area contributed by atoms with Crippen LogP contribution in [-0.2, 0) is 32.3 Å². The first-order valence-corrected chi connectivity index (χ1v) is 13.9. The van der Waals surface area contributed by atoms with Gasteiger partial charge in [-0.2, -0.15) is 5.10 Å². The minimum atomic E-state index is -3.98. The molecule has 0 saturated heterocycles. The van der Waals surface area contributed by atoms with Crippen molar-refractivity contribution in [3.05, 3.63) is 95.4 Å². The highest BCUT2D eigenvalue weighted by Gasteiger charge is 2.26. The number of methoxy groups -OCH3 is 1. The summed E-state index contributed by atoms with van der Waals surface area (Å²) in [6, 6.07) is 18.9. The summed E-state index contributed by atoms with van der Waals surface area (Å²) in [6.45, 7) is 7.36. The van der Waals surface area contributed by atoms with Gasteiger partial charge in [0.15, 0.2) is 0 Å². The second-order valence-electron chi connectivity index (χ2n) is 10.1. The van der Waals surface area contributed by atoms with Crippen molar-refractivity contribution < 1.29 is 27.1 Å². The van der Waals surface area contributed by atoms with E-state index in [1.54, 1.807) is 16.8 Å². The number of aromatic nitrogens is 2. The lowest BCUT2D eigenvalue weighted by Crippen LogP contribution is -2.25. The Labute approximate surface area is 228 Å². The van der Waals surface area contributed by atoms with Crippen molar-refractivity contribution in [2.75, 3.05) is 7.11 Å². The smallest absolute Gasteiger partial charge is 0.310 e. The number of hydrogen-bond acceptors (Lipinski definition) is 6. The molecule has 4 aromatic rings. The fraction of sp³-hybridized carbons (Fsp3) is 0.267. The Morgan fingerprint density at radius 1 is 1.00 bits per heavy atom. The molecule has 9 heteroatoms. The van der Waals surface area contributed by atoms with Gasteiger partial charge in [-0.3, -0.25) is 9.48 Å². The van der Waals surface area contributed by atoms with E-state index in [0.29, 0.717) is 28.3 Å². The highest BCUT2D eigenvalue weighted by Crippen LogP contribution is 2.31. The Hall–Kier alpha value is -3.98. The normalized spacial score (nSPS) is 11.8. The lowest BCUT2D eigenvalue weighted by Gasteiger charge is -2.19. The molecule has 0 bridgehead atoms. The number of nitrogens with zero attached hydrogens (tertiary/aromatic N) is 2. The Morgan fingerprint density at radius 3 is 2.28 bits per heavy atom. The van der Waals surface area contributed by atoms with Crippen molar-refractivity contribution in [2.45, 2.75) is 56.1 Å². The number of benzene rings is 3. The maximum atomic E-state index is 13.6. The van der Waals surface area contributed by atoms with Gasteiger partial charge >= 0.3 is 5.97 Å². The van der Waals surface area contributed by atoms with E-state index in [-0.39, 0.29) is 28.7 Å². The van der Waals surface area contributed by atoms with Gasteiger partial charge in [-0.25, -0.2) is 12.8 Å². The average Bonchev–Trinajstić information content (AvgIpc) is 3.18. The maximum Gasteiger partial charge on any atom is 0.310 e. The molecule has 0 spiro atoms. The molecule has 4 rings (SSSR count). The predicted octanol–water partition coefficient (Wildman–Crippen LogP) is 5.77. The molecule has 204 valence electrons. The maximum absolute atomic E-state index is 13.6. The third-order valence-electron chi connectivity index (χ3n) is 6.12. The lowest BCUT2D eigenvalue weighted by atomic mass is 10.0. The first-order chi connectivity index (χ1) is 18.4. The van der Waals surface area contributed by atoms with Crippen molar-refractivity contribution >= 4 is 15.8 Å². The summed E-state index contributed by atoms with van der Waals surface area (Å²) < 4.78 is 53.2. The van der Waals surface area contributed by atoms with Crippen LogP contribution in [-0.4, -0.2) is 36.9 Å². The number of carbonyl (C=O) groups excluding carboxylic acids is 1. The summed E-state index contributed by atoms with van der Waals surface area (Å²) in [5, 5.41) is 4.81. The van der Waals surface area contributed by atoms with E-state index in [1.165, 1.54) is 25.3 Å². The first kappa shape index (κ1) is 28.0. The third-order valence-corrected chi connectivity index (χ3v) is 7.99. The number of esters is 1. The monoisotopic (exact) mass is 550 g/mol. The topological polar surface area (TPSA) is 87.5 Å². The Kier molecular flexibility index (Phi) is 7.92. The van der Waals surface area contributed by atoms with E-state index in [4.69, 9.17) is 14.6 Å². The largest absolute Gasteiger partial charge is 0.497 e. The van der Waals surface area contributed by atoms with Gasteiger partial charge in [-0.05, 0) is 75.7 Å². The number of rotatable bonds is 8. The van der Waals surface area contributed by atoms with Crippen molar-refractivity contribution in [3.8, 4) is 17.0 Å². The average molecular weight is 551 g/mol. The summed E-state index contributed by atoms with van der Waals surface area (Å²) in [5.41, 5.74) is 2.63. The Bertz CT molecular complexity index is 1590. The first-order valence-electron chi connectivity index (χ1n) is 12.4. The molecular weight excluding hydrogens is 519 g/mol. The third kappa shape index (κ3) is 6.37. The molecule has 1 aromatic heterocycles. The molecule has 0 unspecified atom stereocenters. The fourth-order valence-electron chi connectivity index (χ4n) is 4.27. The summed E-state index contributed by atoms with van der Waals surface area (Å²) in [7, 11) is -2.48. The fourth-order valence-corrected chi connectivity index (χ4v) is 5.73. The number of sulfone groups is 1. The zero-order valence-electron chi connectivity index (χ0n) is 22.6. The van der Waals surface area contributed by atoms with Crippen LogP contribution in [0.15, 0.2) is 82.6 Å². The summed E-state index contributed by atoms with van der Waals surface area (Å²) >= 11 is 0. The summed E-state index contributed by atoms with van der Waals surface area (Å²) in [6.07, 6.45) is 0.00613. The van der Waals surface area contributed by atoms with Gasteiger partial charge in [0, 0.05) is 16.8 Å². The zero-order valence-corrected chi connectivity index (χ0v) is 23.4. The highest BCUT2D eigenvalue weighted by molar-refractivity contribution is 7.91. The zero-order chi connectivity index (χ0) is 28.4. The molecule has 3 aromatic carbocycles. The molecule has 0 atom stereocenters. The minimum absolute atomic E-state index is 0.00613. The van der Waals surface area contributed by atoms with Crippen LogP contribution in [0.2, 0.25) is 0 Å². The summed E-state index contributed by atoms with van der Waals surface area (Å²) in [5.74, 6) is -0.435. The Balaban J connectivity index is 1.81. The Morgan fingerprint density at radius 2 is 1.67 bits per heavy atom. The van der Waals surface area contributed by atoms with Crippen LogP contribution in [0.3, 0.4) is 0 Å². The predicted molar refractivity (Wildman–Crippen MR) is 146 cm³/mol. The SMILES string of the molecule is COc1ccc(S(=O)(=O)c2ccc(F)cc2)c(Cn2nc(-c3ccccc3)c(CC(=O)OC(C)(C)C)c2C)c1. The van der Waals surface area contributed by atoms with Gasteiger partial charge in [0.05, 0.1) is 35.6 Å². The highest BCUT2D eigenvalue weighted by atomic mass is 32.2. The van der Waals surface area contributed by atoms with Crippen LogP contribution in [0.5, 0.6) is 5.75 Å². The van der Waals surface area contributed by atoms with Crippen molar-refractivity contribution in [1.29, 1.82) is 0 Å². The van der Waals surface area contributed by atoms with Crippen molar-refractivity contribution in [1.82, 2.24) is 9.78 Å². The van der Waals surface area contributed by atoms with E-state index in [0.717, 1.165) is 17.7 Å². The number of hydrogen-bond donors (Lipinski definition) is 0. The van der Waals surface area contributed by atoms with Gasteiger partial charge in [-0.15, -0.1) is 0 Å². The van der Waals surface area contributed by atoms with Crippen LogP contribution in [0.1, 0.15) is 37.6 Å². The van der Waals surface area contributed by atoms with Crippen LogP contribution in [0.25, 0.3) is 11.3 Å². The van der Waals surface area contributed by atoms with Crippen molar-refractivity contribution in [2.24, 2.45) is 0 Å². The molecule has 0 aliphatic rings. The second kappa shape index (κ2) is 11.0. The standard InChI is InChI=1S/C30H31FN2O5S/c1-20-26(18-28(34)38-30(2,3)4)29(21-9-7-6-8-10-21)32-33(20)19-22-17-24(37-5)13-16-27(22)39(35,36)25-14-11-23(31)12-15-25/h6-17H,18-19H2,1-5H3. The van der Waals surface area contributed by atoms with Crippen LogP contribution >= 0.6 is 0 Å². The van der Waals surface area contributed by atoms with Gasteiger partial charge < -0.3 is 9.47 Å². The molecule has 1 heterocycles. The van der Waals surface area contributed by atoms with E-state index >= 15 is 0 Å². The van der Waals surface area contributed by atoms with E-state index in [9.17, 15) is 17.6 Å². The molecular formula is C30H31FN2O5S. The van der Waals surface area contributed by atoms with E-state index < -0.39 is 21.3 Å². The molecule has 0 aliphatic carbocycles. The van der Waals surface area contributed by atoms with Gasteiger partial charge in [0.1, 0.15) is 17.2 Å². The quantitative estimate of drug-likeness (QED) is 0.204. The van der Waals surface area contributed by atoms with Crippen LogP contribution < -0.4 is 4.74 Å². The number of ether oxygens (including phenoxy) is 2. The second-order valence-corrected chi connectivity index (χ2v) is 12.0. The molecule has 0 aliphatic heterocycles. The van der Waals surface area contributed by atoms with E-state index in [2.05, 4.69) is 0 Å². The van der Waals surface area contributed by atoms with Crippen LogP contribution in [0, 0.1) is 12.7 Å². The summed E-state index contributed by atoms with van der Waals surface area (Å²) in [4.78, 5) is 12.8. The molecule has 0 radical (unpaired) electrons. The molecule has 0 amide bonds. The minimum Gasteiger partial charge on any atom is -0.497 e. The van der Waals surface area contributed by atoms with Gasteiger partial charge in [0.25, 0.3) is 0 Å². The van der Waals surface area contributed by atoms with Crippen LogP contribution in [0.4, 0.5) is 4.39 Å². The lowest BCUT2D eigenvalue weighted by molar-refractivity contribution is -0.153. The molecule has 0 fully saturated rings. The molecule has 0 saturated carbocycles. The number of carbonyl (C=O) groups is 1. The van der Waals surface area contributed by atoms with Gasteiger partial charge in [-0.1, -0.05) is 30.3 Å².